The second-order valence-electron chi connectivity index (χ2n) is 5.63. The highest BCUT2D eigenvalue weighted by Gasteiger charge is 2.27. The largest absolute Gasteiger partial charge is 0.328 e. The van der Waals surface area contributed by atoms with E-state index in [0.717, 1.165) is 0 Å². The van der Waals surface area contributed by atoms with Crippen molar-refractivity contribution in [2.75, 3.05) is 19.6 Å². The van der Waals surface area contributed by atoms with Crippen molar-refractivity contribution in [1.82, 2.24) is 4.90 Å². The van der Waals surface area contributed by atoms with Crippen molar-refractivity contribution < 1.29 is 0 Å². The summed E-state index contributed by atoms with van der Waals surface area (Å²) in [5.41, 5.74) is 6.38. The lowest BCUT2D eigenvalue weighted by molar-refractivity contribution is 0.113. The minimum Gasteiger partial charge on any atom is -0.328 e. The van der Waals surface area contributed by atoms with Crippen molar-refractivity contribution in [3.05, 3.63) is 0 Å². The molecule has 1 saturated heterocycles. The van der Waals surface area contributed by atoms with Gasteiger partial charge in [0, 0.05) is 6.04 Å². The van der Waals surface area contributed by atoms with Crippen LogP contribution in [0.1, 0.15) is 52.9 Å². The molecule has 0 aliphatic carbocycles. The lowest BCUT2D eigenvalue weighted by Gasteiger charge is -2.39. The van der Waals surface area contributed by atoms with Crippen molar-refractivity contribution in [2.24, 2.45) is 11.1 Å². The van der Waals surface area contributed by atoms with E-state index in [9.17, 15) is 0 Å². The van der Waals surface area contributed by atoms with Crippen molar-refractivity contribution in [3.8, 4) is 0 Å². The van der Waals surface area contributed by atoms with Gasteiger partial charge in [0.15, 0.2) is 0 Å². The lowest BCUT2D eigenvalue weighted by Crippen LogP contribution is -2.39. The average Bonchev–Trinajstić information content (AvgIpc) is 2.21. The minimum absolute atomic E-state index is 0.371. The third-order valence-corrected chi connectivity index (χ3v) is 4.05. The Morgan fingerprint density at radius 1 is 1.33 bits per heavy atom. The molecule has 90 valence electrons. The SMILES string of the molecule is CCC1(C)CCN(CCCC(C)N)CC1. The molecule has 1 aliphatic heterocycles. The number of hydrogen-bond donors (Lipinski definition) is 1. The molecule has 1 unspecified atom stereocenters. The molecular formula is C13H28N2. The van der Waals surface area contributed by atoms with E-state index in [-0.39, 0.29) is 0 Å². The van der Waals surface area contributed by atoms with Crippen LogP contribution in [0.3, 0.4) is 0 Å². The molecule has 1 atom stereocenters. The van der Waals surface area contributed by atoms with Gasteiger partial charge in [-0.3, -0.25) is 0 Å². The van der Waals surface area contributed by atoms with Gasteiger partial charge in [-0.1, -0.05) is 20.3 Å². The smallest absolute Gasteiger partial charge is 0.00109 e. The lowest BCUT2D eigenvalue weighted by atomic mass is 9.78. The summed E-state index contributed by atoms with van der Waals surface area (Å²) in [6, 6.07) is 0.371. The number of nitrogens with two attached hydrogens (primary N) is 1. The van der Waals surface area contributed by atoms with Gasteiger partial charge >= 0.3 is 0 Å². The third-order valence-electron chi connectivity index (χ3n) is 4.05. The zero-order valence-corrected chi connectivity index (χ0v) is 10.8. The second-order valence-corrected chi connectivity index (χ2v) is 5.63. The van der Waals surface area contributed by atoms with Crippen LogP contribution in [0.25, 0.3) is 0 Å². The number of piperidine rings is 1. The van der Waals surface area contributed by atoms with E-state index in [2.05, 4.69) is 25.7 Å². The zero-order chi connectivity index (χ0) is 11.3. The summed E-state index contributed by atoms with van der Waals surface area (Å²) in [4.78, 5) is 2.61. The van der Waals surface area contributed by atoms with Crippen LogP contribution in [0.4, 0.5) is 0 Å². The van der Waals surface area contributed by atoms with Crippen molar-refractivity contribution in [1.29, 1.82) is 0 Å². The Kier molecular flexibility index (Phi) is 5.07. The Bertz CT molecular complexity index is 169. The molecule has 1 fully saturated rings. The molecule has 2 N–H and O–H groups in total. The summed E-state index contributed by atoms with van der Waals surface area (Å²) < 4.78 is 0. The topological polar surface area (TPSA) is 29.3 Å². The first kappa shape index (κ1) is 13.0. The van der Waals surface area contributed by atoms with Crippen molar-refractivity contribution in [2.45, 2.75) is 58.9 Å². The second kappa shape index (κ2) is 5.86. The number of rotatable bonds is 5. The predicted octanol–water partition coefficient (Wildman–Crippen LogP) is 2.63. The quantitative estimate of drug-likeness (QED) is 0.759. The van der Waals surface area contributed by atoms with E-state index in [1.54, 1.807) is 0 Å². The molecule has 15 heavy (non-hydrogen) atoms. The first-order chi connectivity index (χ1) is 7.06. The highest BCUT2D eigenvalue weighted by atomic mass is 15.1. The number of nitrogens with zero attached hydrogens (tertiary/aromatic N) is 1. The Morgan fingerprint density at radius 3 is 2.40 bits per heavy atom. The molecule has 1 rings (SSSR count). The monoisotopic (exact) mass is 212 g/mol. The summed E-state index contributed by atoms with van der Waals surface area (Å²) in [6.07, 6.45) is 6.52. The van der Waals surface area contributed by atoms with Gasteiger partial charge in [-0.25, -0.2) is 0 Å². The van der Waals surface area contributed by atoms with Gasteiger partial charge < -0.3 is 10.6 Å². The molecule has 0 aromatic rings. The zero-order valence-electron chi connectivity index (χ0n) is 10.8. The van der Waals surface area contributed by atoms with Gasteiger partial charge in [0.1, 0.15) is 0 Å². The maximum absolute atomic E-state index is 5.75. The number of likely N-dealkylation sites (tertiary alicyclic amines) is 1. The van der Waals surface area contributed by atoms with Crippen LogP contribution < -0.4 is 5.73 Å². The van der Waals surface area contributed by atoms with E-state index in [4.69, 9.17) is 5.73 Å². The first-order valence-corrected chi connectivity index (χ1v) is 6.54. The van der Waals surface area contributed by atoms with Crippen LogP contribution in [-0.2, 0) is 0 Å². The van der Waals surface area contributed by atoms with Crippen LogP contribution in [0.15, 0.2) is 0 Å². The predicted molar refractivity (Wildman–Crippen MR) is 67.0 cm³/mol. The van der Waals surface area contributed by atoms with E-state index in [1.165, 1.54) is 51.7 Å². The first-order valence-electron chi connectivity index (χ1n) is 6.54. The molecule has 0 saturated carbocycles. The van der Waals surface area contributed by atoms with E-state index >= 15 is 0 Å². The third kappa shape index (κ3) is 4.52. The fourth-order valence-corrected chi connectivity index (χ4v) is 2.31. The van der Waals surface area contributed by atoms with Crippen molar-refractivity contribution >= 4 is 0 Å². The van der Waals surface area contributed by atoms with Crippen LogP contribution in [0, 0.1) is 5.41 Å². The molecule has 0 aromatic carbocycles. The fourth-order valence-electron chi connectivity index (χ4n) is 2.31. The van der Waals surface area contributed by atoms with Gasteiger partial charge in [0.05, 0.1) is 0 Å². The van der Waals surface area contributed by atoms with Gasteiger partial charge in [0.2, 0.25) is 0 Å². The van der Waals surface area contributed by atoms with Crippen LogP contribution in [-0.4, -0.2) is 30.6 Å². The summed E-state index contributed by atoms with van der Waals surface area (Å²) in [5, 5.41) is 0. The van der Waals surface area contributed by atoms with Crippen LogP contribution >= 0.6 is 0 Å². The van der Waals surface area contributed by atoms with E-state index in [1.807, 2.05) is 0 Å². The highest BCUT2D eigenvalue weighted by Crippen LogP contribution is 2.33. The van der Waals surface area contributed by atoms with Gasteiger partial charge in [0.25, 0.3) is 0 Å². The van der Waals surface area contributed by atoms with Crippen LogP contribution in [0.2, 0.25) is 0 Å². The summed E-state index contributed by atoms with van der Waals surface area (Å²) in [5.74, 6) is 0. The maximum atomic E-state index is 5.75. The Hall–Kier alpha value is -0.0800. The molecule has 0 bridgehead atoms. The Morgan fingerprint density at radius 2 is 1.93 bits per heavy atom. The highest BCUT2D eigenvalue weighted by molar-refractivity contribution is 4.81. The van der Waals surface area contributed by atoms with Gasteiger partial charge in [-0.05, 0) is 57.7 Å². The molecule has 2 heteroatoms. The van der Waals surface area contributed by atoms with E-state index in [0.29, 0.717) is 11.5 Å². The molecule has 0 aromatic heterocycles. The van der Waals surface area contributed by atoms with Gasteiger partial charge in [-0.15, -0.1) is 0 Å². The minimum atomic E-state index is 0.371. The molecule has 0 amide bonds. The Balaban J connectivity index is 2.15. The molecule has 1 aliphatic rings. The molecule has 2 nitrogen and oxygen atoms in total. The fraction of sp³-hybridized carbons (Fsp3) is 1.00. The number of hydrogen-bond acceptors (Lipinski definition) is 2. The molecular weight excluding hydrogens is 184 g/mol. The molecule has 0 spiro atoms. The normalized spacial score (nSPS) is 24.0. The van der Waals surface area contributed by atoms with Crippen LogP contribution in [0.5, 0.6) is 0 Å². The average molecular weight is 212 g/mol. The summed E-state index contributed by atoms with van der Waals surface area (Å²) in [7, 11) is 0. The van der Waals surface area contributed by atoms with E-state index < -0.39 is 0 Å². The summed E-state index contributed by atoms with van der Waals surface area (Å²) in [6.45, 7) is 10.7. The Labute approximate surface area is 95.2 Å². The molecule has 0 radical (unpaired) electrons. The van der Waals surface area contributed by atoms with Crippen molar-refractivity contribution in [3.63, 3.8) is 0 Å². The maximum Gasteiger partial charge on any atom is 0.00109 e. The molecule has 1 heterocycles. The van der Waals surface area contributed by atoms with Gasteiger partial charge in [-0.2, -0.15) is 0 Å². The summed E-state index contributed by atoms with van der Waals surface area (Å²) >= 11 is 0. The standard InChI is InChI=1S/C13H28N2/c1-4-13(3)7-10-15(11-8-13)9-5-6-12(2)14/h12H,4-11,14H2,1-3H3.